The Morgan fingerprint density at radius 1 is 1.17 bits per heavy atom. The molecule has 4 rings (SSSR count). The molecule has 7 nitrogen and oxygen atoms in total. The molecule has 1 aromatic carbocycles. The van der Waals surface area contributed by atoms with Crippen LogP contribution in [0.2, 0.25) is 19.6 Å². The topological polar surface area (TPSA) is 95.8 Å². The van der Waals surface area contributed by atoms with Crippen LogP contribution in [-0.4, -0.2) is 42.6 Å². The molecule has 3 aromatic rings. The maximum Gasteiger partial charge on any atom is 0.272 e. The number of para-hydroxylation sites is 1. The van der Waals surface area contributed by atoms with Crippen LogP contribution in [-0.2, 0) is 0 Å². The van der Waals surface area contributed by atoms with Crippen LogP contribution in [0.4, 0.5) is 5.95 Å². The van der Waals surface area contributed by atoms with E-state index in [-0.39, 0.29) is 17.7 Å². The van der Waals surface area contributed by atoms with Crippen molar-refractivity contribution >= 4 is 44.2 Å². The molecule has 1 aliphatic carbocycles. The lowest BCUT2D eigenvalue weighted by atomic mass is 9.93. The summed E-state index contributed by atoms with van der Waals surface area (Å²) in [6.45, 7) is 6.94. The van der Waals surface area contributed by atoms with E-state index in [9.17, 15) is 9.90 Å². The lowest BCUT2D eigenvalue weighted by Gasteiger charge is -2.26. The van der Waals surface area contributed by atoms with E-state index in [1.54, 1.807) is 23.0 Å². The van der Waals surface area contributed by atoms with Gasteiger partial charge in [-0.2, -0.15) is 4.98 Å². The van der Waals surface area contributed by atoms with Crippen LogP contribution in [0.1, 0.15) is 25.7 Å². The van der Waals surface area contributed by atoms with Crippen LogP contribution in [0.5, 0.6) is 0 Å². The minimum absolute atomic E-state index is 0.139. The number of nitrogens with one attached hydrogen (secondary N) is 2. The van der Waals surface area contributed by atoms with Crippen molar-refractivity contribution in [3.8, 4) is 5.82 Å². The van der Waals surface area contributed by atoms with Crippen molar-refractivity contribution in [3.63, 3.8) is 0 Å². The molecule has 9 heteroatoms. The number of halogens is 1. The van der Waals surface area contributed by atoms with Crippen molar-refractivity contribution in [2.24, 2.45) is 0 Å². The maximum absolute atomic E-state index is 12.0. The number of benzene rings is 1. The number of aromatic amines is 1. The molecule has 156 valence electrons. The van der Waals surface area contributed by atoms with Gasteiger partial charge in [0.2, 0.25) is 5.95 Å². The number of hydrogen-bond donors (Lipinski definition) is 3. The summed E-state index contributed by atoms with van der Waals surface area (Å²) in [5.74, 6) is 1.15. The summed E-state index contributed by atoms with van der Waals surface area (Å²) < 4.78 is 1.68. The Labute approximate surface area is 184 Å². The van der Waals surface area contributed by atoms with E-state index in [0.29, 0.717) is 17.2 Å². The molecule has 3 N–H and O–H groups in total. The Hall–Kier alpha value is -1.72. The number of rotatable bonds is 3. The van der Waals surface area contributed by atoms with Gasteiger partial charge in [0, 0.05) is 18.3 Å². The lowest BCUT2D eigenvalue weighted by molar-refractivity contribution is 0.126. The Kier molecular flexibility index (Phi) is 7.12. The fourth-order valence-corrected chi connectivity index (χ4v) is 3.21. The first kappa shape index (κ1) is 22.0. The van der Waals surface area contributed by atoms with E-state index in [1.165, 1.54) is 0 Å². The summed E-state index contributed by atoms with van der Waals surface area (Å²) in [5, 5.41) is 16.4. The minimum Gasteiger partial charge on any atom is -0.393 e. The third-order valence-corrected chi connectivity index (χ3v) is 4.50. The van der Waals surface area contributed by atoms with E-state index < -0.39 is 5.57 Å². The van der Waals surface area contributed by atoms with Gasteiger partial charge < -0.3 is 10.4 Å². The molecule has 0 aliphatic heterocycles. The van der Waals surface area contributed by atoms with Gasteiger partial charge in [-0.25, -0.2) is 9.67 Å². The van der Waals surface area contributed by atoms with Crippen molar-refractivity contribution in [2.75, 3.05) is 5.32 Å². The number of aliphatic hydroxyl groups excluding tert-OH is 1. The van der Waals surface area contributed by atoms with Gasteiger partial charge in [-0.1, -0.05) is 31.8 Å². The van der Waals surface area contributed by atoms with Crippen LogP contribution in [0.15, 0.2) is 41.3 Å². The van der Waals surface area contributed by atoms with Gasteiger partial charge in [-0.3, -0.25) is 9.89 Å². The molecule has 0 radical (unpaired) electrons. The zero-order chi connectivity index (χ0) is 21.0. The molecular formula is C20H28IN5O2Si. The monoisotopic (exact) mass is 525 g/mol. The summed E-state index contributed by atoms with van der Waals surface area (Å²) in [5.41, 5.74) is 0.00512. The Bertz CT molecular complexity index is 1000. The second-order valence-corrected chi connectivity index (χ2v) is 22.1. The standard InChI is InChI=1S/C17H19N5O2.C3H9ISi/c23-12-7-5-11(6-8-12)19-17-18-10-9-15(20-17)22-14-4-2-1-3-13(14)16(24)21-22;1-5(2,3)4/h1-4,9-12,23H,5-8H2,(H,21,24)(H,18,19,20);1-3H3. The molecule has 0 amide bonds. The summed E-state index contributed by atoms with van der Waals surface area (Å²) >= 11 is 2.52. The number of hydrogen-bond acceptors (Lipinski definition) is 5. The van der Waals surface area contributed by atoms with Crippen molar-refractivity contribution in [1.82, 2.24) is 19.7 Å². The van der Waals surface area contributed by atoms with E-state index >= 15 is 0 Å². The summed E-state index contributed by atoms with van der Waals surface area (Å²) in [6.07, 6.45) is 4.89. The van der Waals surface area contributed by atoms with E-state index in [0.717, 1.165) is 31.2 Å². The molecule has 0 saturated heterocycles. The Morgan fingerprint density at radius 3 is 2.52 bits per heavy atom. The first-order valence-electron chi connectivity index (χ1n) is 9.87. The molecule has 1 saturated carbocycles. The average molecular weight is 525 g/mol. The number of anilines is 1. The van der Waals surface area contributed by atoms with Crippen molar-refractivity contribution in [3.05, 3.63) is 46.9 Å². The third-order valence-electron chi connectivity index (χ3n) is 4.50. The molecule has 1 fully saturated rings. The molecule has 2 heterocycles. The van der Waals surface area contributed by atoms with Gasteiger partial charge in [0.25, 0.3) is 5.56 Å². The summed E-state index contributed by atoms with van der Waals surface area (Å²) in [4.78, 5) is 20.8. The van der Waals surface area contributed by atoms with Crippen molar-refractivity contribution in [2.45, 2.75) is 57.5 Å². The van der Waals surface area contributed by atoms with Crippen LogP contribution >= 0.6 is 21.8 Å². The highest BCUT2D eigenvalue weighted by Gasteiger charge is 2.20. The number of nitrogens with zero attached hydrogens (tertiary/aromatic N) is 3. The van der Waals surface area contributed by atoms with Crippen molar-refractivity contribution in [1.29, 1.82) is 0 Å². The van der Waals surface area contributed by atoms with Crippen molar-refractivity contribution < 1.29 is 5.11 Å². The molecule has 0 spiro atoms. The lowest BCUT2D eigenvalue weighted by Crippen LogP contribution is -2.29. The largest absolute Gasteiger partial charge is 0.393 e. The molecule has 29 heavy (non-hydrogen) atoms. The SMILES string of the molecule is C[Si](C)(C)I.O=c1[nH]n(-c2ccnc(NC3CCC(O)CC3)n2)c2ccccc12. The zero-order valence-corrected chi connectivity index (χ0v) is 20.2. The fraction of sp³-hybridized carbons (Fsp3) is 0.450. The number of fused-ring (bicyclic) bond motifs is 1. The molecule has 0 unspecified atom stereocenters. The van der Waals surface area contributed by atoms with Gasteiger partial charge in [0.05, 0.1) is 17.0 Å². The van der Waals surface area contributed by atoms with Crippen LogP contribution in [0.25, 0.3) is 16.7 Å². The third kappa shape index (κ3) is 6.38. The van der Waals surface area contributed by atoms with Gasteiger partial charge in [0.15, 0.2) is 5.82 Å². The number of aliphatic hydroxyl groups is 1. The van der Waals surface area contributed by atoms with Gasteiger partial charge >= 0.3 is 0 Å². The fourth-order valence-electron chi connectivity index (χ4n) is 3.21. The van der Waals surface area contributed by atoms with Crippen LogP contribution < -0.4 is 10.9 Å². The zero-order valence-electron chi connectivity index (χ0n) is 17.0. The van der Waals surface area contributed by atoms with Crippen LogP contribution in [0, 0.1) is 0 Å². The summed E-state index contributed by atoms with van der Waals surface area (Å²) in [7, 11) is 0. The summed E-state index contributed by atoms with van der Waals surface area (Å²) in [6, 6.07) is 9.43. The molecule has 2 aromatic heterocycles. The highest BCUT2D eigenvalue weighted by molar-refractivity contribution is 14.1. The first-order chi connectivity index (χ1) is 13.7. The Balaban J connectivity index is 0.000000431. The van der Waals surface area contributed by atoms with Gasteiger partial charge in [-0.15, -0.1) is 21.8 Å². The Morgan fingerprint density at radius 2 is 1.83 bits per heavy atom. The highest BCUT2D eigenvalue weighted by Crippen LogP contribution is 2.21. The smallest absolute Gasteiger partial charge is 0.272 e. The molecular weight excluding hydrogens is 497 g/mol. The van der Waals surface area contributed by atoms with E-state index in [4.69, 9.17) is 0 Å². The highest BCUT2D eigenvalue weighted by atomic mass is 127. The predicted molar refractivity (Wildman–Crippen MR) is 129 cm³/mol. The predicted octanol–water partition coefficient (Wildman–Crippen LogP) is 4.08. The second-order valence-electron chi connectivity index (χ2n) is 8.25. The number of aromatic nitrogens is 4. The quantitative estimate of drug-likeness (QED) is 0.272. The molecule has 0 atom stereocenters. The second kappa shape index (κ2) is 9.39. The van der Waals surface area contributed by atoms with Gasteiger partial charge in [-0.05, 0) is 37.8 Å². The maximum atomic E-state index is 12.0. The van der Waals surface area contributed by atoms with E-state index in [1.807, 2.05) is 18.2 Å². The van der Waals surface area contributed by atoms with Crippen LogP contribution in [0.3, 0.4) is 0 Å². The average Bonchev–Trinajstić information content (AvgIpc) is 3.00. The normalized spacial score (nSPS) is 19.5. The molecule has 0 bridgehead atoms. The first-order valence-corrected chi connectivity index (χ1v) is 16.5. The minimum atomic E-state index is -0.641. The van der Waals surface area contributed by atoms with Gasteiger partial charge in [0.1, 0.15) is 5.57 Å². The number of H-pyrrole nitrogens is 1. The molecule has 1 aliphatic rings. The van der Waals surface area contributed by atoms with E-state index in [2.05, 4.69) is 61.8 Å².